The number of nitrogens with one attached hydrogen (secondary N) is 1. The lowest BCUT2D eigenvalue weighted by molar-refractivity contribution is 0.0780. The van der Waals surface area contributed by atoms with Crippen LogP contribution in [0.1, 0.15) is 33.3 Å². The van der Waals surface area contributed by atoms with E-state index in [9.17, 15) is 9.59 Å². The fourth-order valence-corrected chi connectivity index (χ4v) is 2.44. The van der Waals surface area contributed by atoms with E-state index in [2.05, 4.69) is 10.1 Å². The van der Waals surface area contributed by atoms with E-state index >= 15 is 0 Å². The molecule has 2 heterocycles. The van der Waals surface area contributed by atoms with Gasteiger partial charge in [0.05, 0.1) is 11.9 Å². The molecule has 0 aliphatic carbocycles. The van der Waals surface area contributed by atoms with Crippen LogP contribution < -0.4 is 0 Å². The molecule has 2 aromatic heterocycles. The number of ketones is 1. The van der Waals surface area contributed by atoms with Gasteiger partial charge in [0, 0.05) is 37.1 Å². The number of aromatic nitrogens is 3. The van der Waals surface area contributed by atoms with Gasteiger partial charge in [0.1, 0.15) is 5.69 Å². The predicted octanol–water partition coefficient (Wildman–Crippen LogP) is 2.68. The molecule has 0 spiro atoms. The van der Waals surface area contributed by atoms with E-state index in [0.29, 0.717) is 17.8 Å². The number of carbonyl (C=O) groups is 2. The maximum absolute atomic E-state index is 12.4. The molecule has 0 atom stereocenters. The van der Waals surface area contributed by atoms with Crippen LogP contribution in [-0.4, -0.2) is 38.4 Å². The zero-order valence-corrected chi connectivity index (χ0v) is 13.6. The Bertz CT molecular complexity index is 864. The molecule has 0 saturated heterocycles. The SMILES string of the molecule is CC(=O)c1c[nH]c(C(=O)N(C)Cc2cnn(-c3ccccc3)c2)c1. The van der Waals surface area contributed by atoms with Crippen LogP contribution >= 0.6 is 0 Å². The van der Waals surface area contributed by atoms with Gasteiger partial charge < -0.3 is 9.88 Å². The fraction of sp³-hybridized carbons (Fsp3) is 0.167. The third-order valence-electron chi connectivity index (χ3n) is 3.74. The van der Waals surface area contributed by atoms with Crippen LogP contribution in [0.2, 0.25) is 0 Å². The van der Waals surface area contributed by atoms with Crippen molar-refractivity contribution >= 4 is 11.7 Å². The summed E-state index contributed by atoms with van der Waals surface area (Å²) in [7, 11) is 1.72. The first kappa shape index (κ1) is 15.7. The first-order valence-corrected chi connectivity index (χ1v) is 7.58. The summed E-state index contributed by atoms with van der Waals surface area (Å²) in [6, 6.07) is 11.4. The van der Waals surface area contributed by atoms with Gasteiger partial charge in [-0.05, 0) is 25.1 Å². The summed E-state index contributed by atoms with van der Waals surface area (Å²) in [5.41, 5.74) is 2.79. The number of para-hydroxylation sites is 1. The second kappa shape index (κ2) is 6.54. The number of hydrogen-bond acceptors (Lipinski definition) is 3. The van der Waals surface area contributed by atoms with E-state index in [4.69, 9.17) is 0 Å². The summed E-state index contributed by atoms with van der Waals surface area (Å²) in [6.07, 6.45) is 5.19. The lowest BCUT2D eigenvalue weighted by atomic mass is 10.2. The predicted molar refractivity (Wildman–Crippen MR) is 90.2 cm³/mol. The van der Waals surface area contributed by atoms with Crippen molar-refractivity contribution in [3.63, 3.8) is 0 Å². The molecular formula is C18H18N4O2. The van der Waals surface area contributed by atoms with Crippen LogP contribution in [0.3, 0.4) is 0 Å². The second-order valence-electron chi connectivity index (χ2n) is 5.65. The highest BCUT2D eigenvalue weighted by atomic mass is 16.2. The van der Waals surface area contributed by atoms with Gasteiger partial charge >= 0.3 is 0 Å². The summed E-state index contributed by atoms with van der Waals surface area (Å²) in [4.78, 5) is 28.2. The van der Waals surface area contributed by atoms with Crippen molar-refractivity contribution in [2.75, 3.05) is 7.05 Å². The molecule has 0 bridgehead atoms. The van der Waals surface area contributed by atoms with Gasteiger partial charge in [-0.15, -0.1) is 0 Å². The van der Waals surface area contributed by atoms with Crippen molar-refractivity contribution in [1.29, 1.82) is 0 Å². The smallest absolute Gasteiger partial charge is 0.270 e. The number of benzene rings is 1. The van der Waals surface area contributed by atoms with Gasteiger partial charge in [0.15, 0.2) is 5.78 Å². The number of rotatable bonds is 5. The average molecular weight is 322 g/mol. The highest BCUT2D eigenvalue weighted by Gasteiger charge is 2.16. The van der Waals surface area contributed by atoms with E-state index < -0.39 is 0 Å². The largest absolute Gasteiger partial charge is 0.356 e. The summed E-state index contributed by atoms with van der Waals surface area (Å²) >= 11 is 0. The molecule has 0 fully saturated rings. The monoisotopic (exact) mass is 322 g/mol. The highest BCUT2D eigenvalue weighted by molar-refractivity contribution is 5.98. The number of hydrogen-bond donors (Lipinski definition) is 1. The van der Waals surface area contributed by atoms with Crippen molar-refractivity contribution < 1.29 is 9.59 Å². The van der Waals surface area contributed by atoms with Crippen molar-refractivity contribution in [1.82, 2.24) is 19.7 Å². The number of carbonyl (C=O) groups excluding carboxylic acids is 2. The molecule has 0 aliphatic heterocycles. The number of nitrogens with zero attached hydrogens (tertiary/aromatic N) is 3. The molecule has 1 aromatic carbocycles. The normalized spacial score (nSPS) is 10.6. The van der Waals surface area contributed by atoms with Crippen molar-refractivity contribution in [3.8, 4) is 5.69 Å². The Morgan fingerprint density at radius 3 is 2.67 bits per heavy atom. The number of aromatic amines is 1. The van der Waals surface area contributed by atoms with Gasteiger partial charge in [0.2, 0.25) is 0 Å². The maximum atomic E-state index is 12.4. The number of Topliss-reactive ketones (excluding diaryl/α,β-unsaturated/α-hetero) is 1. The lowest BCUT2D eigenvalue weighted by Crippen LogP contribution is -2.26. The molecular weight excluding hydrogens is 304 g/mol. The quantitative estimate of drug-likeness (QED) is 0.734. The van der Waals surface area contributed by atoms with E-state index in [0.717, 1.165) is 11.3 Å². The first-order valence-electron chi connectivity index (χ1n) is 7.58. The molecule has 0 aliphatic rings. The number of H-pyrrole nitrogens is 1. The van der Waals surface area contributed by atoms with Crippen LogP contribution in [0.15, 0.2) is 55.0 Å². The molecule has 1 amide bonds. The summed E-state index contributed by atoms with van der Waals surface area (Å²) in [5.74, 6) is -0.243. The maximum Gasteiger partial charge on any atom is 0.270 e. The van der Waals surface area contributed by atoms with Crippen molar-refractivity contribution in [2.45, 2.75) is 13.5 Å². The molecule has 0 unspecified atom stereocenters. The molecule has 1 N–H and O–H groups in total. The minimum atomic E-state index is -0.171. The average Bonchev–Trinajstić information content (AvgIpc) is 3.24. The molecule has 3 rings (SSSR count). The Balaban J connectivity index is 1.70. The van der Waals surface area contributed by atoms with Crippen molar-refractivity contribution in [3.05, 3.63) is 71.8 Å². The Hall–Kier alpha value is -3.15. The Morgan fingerprint density at radius 2 is 2.00 bits per heavy atom. The van der Waals surface area contributed by atoms with Gasteiger partial charge in [-0.1, -0.05) is 18.2 Å². The van der Waals surface area contributed by atoms with Crippen LogP contribution in [0.25, 0.3) is 5.69 Å². The third-order valence-corrected chi connectivity index (χ3v) is 3.74. The van der Waals surface area contributed by atoms with Gasteiger partial charge in [-0.2, -0.15) is 5.10 Å². The van der Waals surface area contributed by atoms with Crippen molar-refractivity contribution in [2.24, 2.45) is 0 Å². The van der Waals surface area contributed by atoms with Crippen LogP contribution in [-0.2, 0) is 6.54 Å². The van der Waals surface area contributed by atoms with E-state index in [1.54, 1.807) is 35.1 Å². The zero-order valence-electron chi connectivity index (χ0n) is 13.6. The van der Waals surface area contributed by atoms with E-state index in [1.807, 2.05) is 36.5 Å². The fourth-order valence-electron chi connectivity index (χ4n) is 2.44. The molecule has 0 radical (unpaired) electrons. The third kappa shape index (κ3) is 3.27. The second-order valence-corrected chi connectivity index (χ2v) is 5.65. The topological polar surface area (TPSA) is 71.0 Å². The highest BCUT2D eigenvalue weighted by Crippen LogP contribution is 2.12. The van der Waals surface area contributed by atoms with Crippen LogP contribution in [0, 0.1) is 0 Å². The lowest BCUT2D eigenvalue weighted by Gasteiger charge is -2.15. The van der Waals surface area contributed by atoms with Gasteiger partial charge in [-0.25, -0.2) is 4.68 Å². The van der Waals surface area contributed by atoms with Crippen LogP contribution in [0.5, 0.6) is 0 Å². The minimum absolute atomic E-state index is 0.0721. The van der Waals surface area contributed by atoms with E-state index in [-0.39, 0.29) is 11.7 Å². The molecule has 0 saturated carbocycles. The van der Waals surface area contributed by atoms with Gasteiger partial charge in [-0.3, -0.25) is 9.59 Å². The standard InChI is InChI=1S/C18H18N4O2/c1-13(23)15-8-17(19-10-15)18(24)21(2)11-14-9-20-22(12-14)16-6-4-3-5-7-16/h3-10,12,19H,11H2,1-2H3. The summed E-state index contributed by atoms with van der Waals surface area (Å²) in [6.45, 7) is 1.90. The molecule has 6 heteroatoms. The molecule has 3 aromatic rings. The molecule has 6 nitrogen and oxygen atoms in total. The molecule has 122 valence electrons. The Labute approximate surface area is 139 Å². The Kier molecular flexibility index (Phi) is 4.29. The first-order chi connectivity index (χ1) is 11.5. The molecule has 24 heavy (non-hydrogen) atoms. The zero-order chi connectivity index (χ0) is 17.1. The van der Waals surface area contributed by atoms with Crippen LogP contribution in [0.4, 0.5) is 0 Å². The number of amides is 1. The summed E-state index contributed by atoms with van der Waals surface area (Å²) in [5, 5.41) is 4.33. The Morgan fingerprint density at radius 1 is 1.25 bits per heavy atom. The van der Waals surface area contributed by atoms with E-state index in [1.165, 1.54) is 6.92 Å². The van der Waals surface area contributed by atoms with Gasteiger partial charge in [0.25, 0.3) is 5.91 Å². The summed E-state index contributed by atoms with van der Waals surface area (Å²) < 4.78 is 1.77. The minimum Gasteiger partial charge on any atom is -0.356 e.